The summed E-state index contributed by atoms with van der Waals surface area (Å²) >= 11 is 0. The molecule has 2 atom stereocenters. The lowest BCUT2D eigenvalue weighted by Crippen LogP contribution is -2.38. The molecule has 5 rings (SSSR count). The van der Waals surface area contributed by atoms with Crippen molar-refractivity contribution in [3.05, 3.63) is 59.9 Å². The van der Waals surface area contributed by atoms with Gasteiger partial charge in [-0.2, -0.15) is 0 Å². The average Bonchev–Trinajstić information content (AvgIpc) is 3.35. The number of hydrogen-bond acceptors (Lipinski definition) is 5. The maximum atomic E-state index is 5.60. The fourth-order valence-corrected chi connectivity index (χ4v) is 4.94. The monoisotopic (exact) mass is 412 g/mol. The molecule has 6 heteroatoms. The quantitative estimate of drug-likeness (QED) is 0.660. The van der Waals surface area contributed by atoms with Gasteiger partial charge in [0.2, 0.25) is 5.95 Å². The highest BCUT2D eigenvalue weighted by Crippen LogP contribution is 2.44. The van der Waals surface area contributed by atoms with Crippen molar-refractivity contribution in [2.45, 2.75) is 50.7 Å². The zero-order chi connectivity index (χ0) is 18.9. The Morgan fingerprint density at radius 1 is 1.14 bits per heavy atom. The fourth-order valence-electron chi connectivity index (χ4n) is 4.94. The molecule has 0 radical (unpaired) electrons. The maximum absolute atomic E-state index is 5.60. The summed E-state index contributed by atoms with van der Waals surface area (Å²) in [6, 6.07) is 9.53. The number of fused-ring (bicyclic) bond motifs is 4. The number of hydrogen-bond donors (Lipinski definition) is 0. The summed E-state index contributed by atoms with van der Waals surface area (Å²) in [5, 5.41) is 0. The Kier molecular flexibility index (Phi) is 6.07. The van der Waals surface area contributed by atoms with E-state index in [1.807, 2.05) is 0 Å². The van der Waals surface area contributed by atoms with Gasteiger partial charge in [-0.1, -0.05) is 24.8 Å². The summed E-state index contributed by atoms with van der Waals surface area (Å²) < 4.78 is 5.60. The molecule has 154 valence electrons. The van der Waals surface area contributed by atoms with Crippen LogP contribution in [0.2, 0.25) is 0 Å². The summed E-state index contributed by atoms with van der Waals surface area (Å²) in [6.45, 7) is 7.42. The van der Waals surface area contributed by atoms with E-state index >= 15 is 0 Å². The molecule has 3 aliphatic rings. The maximum Gasteiger partial charge on any atom is 0.225 e. The molecule has 0 spiro atoms. The molecule has 0 aliphatic carbocycles. The van der Waals surface area contributed by atoms with Crippen molar-refractivity contribution >= 4 is 18.4 Å². The molecule has 5 nitrogen and oxygen atoms in total. The number of halogens is 1. The van der Waals surface area contributed by atoms with E-state index < -0.39 is 0 Å². The molecule has 4 heterocycles. The van der Waals surface area contributed by atoms with Crippen LogP contribution in [0.4, 0.5) is 5.95 Å². The van der Waals surface area contributed by atoms with Crippen LogP contribution in [0.1, 0.15) is 48.5 Å². The molecular formula is C23H29ClN4O. The second-order valence-electron chi connectivity index (χ2n) is 8.13. The van der Waals surface area contributed by atoms with Gasteiger partial charge in [-0.25, -0.2) is 9.97 Å². The molecular weight excluding hydrogens is 384 g/mol. The number of anilines is 1. The van der Waals surface area contributed by atoms with Crippen LogP contribution in [0.15, 0.2) is 43.1 Å². The summed E-state index contributed by atoms with van der Waals surface area (Å²) in [6.07, 6.45) is 9.92. The molecule has 0 amide bonds. The third-order valence-electron chi connectivity index (χ3n) is 6.36. The van der Waals surface area contributed by atoms with Gasteiger partial charge < -0.3 is 9.64 Å². The Labute approximate surface area is 179 Å². The number of benzene rings is 1. The number of nitrogens with zero attached hydrogens (tertiary/aromatic N) is 4. The van der Waals surface area contributed by atoms with Crippen LogP contribution in [0.5, 0.6) is 5.75 Å². The molecule has 0 saturated carbocycles. The highest BCUT2D eigenvalue weighted by molar-refractivity contribution is 5.85. The Hall–Kier alpha value is -2.11. The molecule has 0 N–H and O–H groups in total. The first-order valence-corrected chi connectivity index (χ1v) is 10.5. The van der Waals surface area contributed by atoms with Crippen LogP contribution in [-0.2, 0) is 13.0 Å². The van der Waals surface area contributed by atoms with Crippen LogP contribution >= 0.6 is 12.4 Å². The first-order valence-electron chi connectivity index (χ1n) is 10.5. The summed E-state index contributed by atoms with van der Waals surface area (Å²) in [5.41, 5.74) is 3.97. The largest absolute Gasteiger partial charge is 0.490 e. The first kappa shape index (κ1) is 20.2. The molecule has 2 fully saturated rings. The average molecular weight is 413 g/mol. The third-order valence-corrected chi connectivity index (χ3v) is 6.36. The minimum atomic E-state index is 0. The van der Waals surface area contributed by atoms with Crippen LogP contribution in [0.3, 0.4) is 0 Å². The van der Waals surface area contributed by atoms with Crippen LogP contribution in [0.25, 0.3) is 0 Å². The molecule has 2 saturated heterocycles. The first-order chi connectivity index (χ1) is 13.8. The van der Waals surface area contributed by atoms with E-state index in [0.717, 1.165) is 37.8 Å². The standard InChI is InChI=1S/C23H28N4O.ClH/c1-2-13-28-19-8-5-17(6-9-19)16-27-18-7-10-22(27)20-15-24-23(25-21(20)14-18)26-11-3-4-12-26;/h2,5-6,8-9,15,18,22H,1,3-4,7,10-14,16H2;1H. The molecule has 3 aliphatic heterocycles. The smallest absolute Gasteiger partial charge is 0.225 e. The van der Waals surface area contributed by atoms with E-state index in [0.29, 0.717) is 18.7 Å². The van der Waals surface area contributed by atoms with E-state index in [1.165, 1.54) is 42.5 Å². The van der Waals surface area contributed by atoms with E-state index in [2.05, 4.69) is 46.8 Å². The summed E-state index contributed by atoms with van der Waals surface area (Å²) in [7, 11) is 0. The van der Waals surface area contributed by atoms with Crippen LogP contribution in [-0.4, -0.2) is 40.6 Å². The minimum absolute atomic E-state index is 0. The molecule has 2 aromatic rings. The lowest BCUT2D eigenvalue weighted by atomic mass is 9.98. The van der Waals surface area contributed by atoms with Gasteiger partial charge in [0.25, 0.3) is 0 Å². The van der Waals surface area contributed by atoms with Crippen LogP contribution in [0, 0.1) is 0 Å². The van der Waals surface area contributed by atoms with Crippen molar-refractivity contribution in [3.63, 3.8) is 0 Å². The summed E-state index contributed by atoms with van der Waals surface area (Å²) in [4.78, 5) is 14.7. The number of rotatable bonds is 6. The third kappa shape index (κ3) is 3.99. The van der Waals surface area contributed by atoms with Crippen molar-refractivity contribution in [3.8, 4) is 5.75 Å². The molecule has 2 bridgehead atoms. The molecule has 2 unspecified atom stereocenters. The van der Waals surface area contributed by atoms with Gasteiger partial charge in [-0.3, -0.25) is 4.90 Å². The van der Waals surface area contributed by atoms with E-state index in [-0.39, 0.29) is 12.4 Å². The summed E-state index contributed by atoms with van der Waals surface area (Å²) in [5.74, 6) is 1.85. The van der Waals surface area contributed by atoms with Crippen molar-refractivity contribution in [2.24, 2.45) is 0 Å². The van der Waals surface area contributed by atoms with Crippen molar-refractivity contribution < 1.29 is 4.74 Å². The van der Waals surface area contributed by atoms with Gasteiger partial charge in [0.05, 0.1) is 5.69 Å². The fraction of sp³-hybridized carbons (Fsp3) is 0.478. The minimum Gasteiger partial charge on any atom is -0.490 e. The number of aromatic nitrogens is 2. The van der Waals surface area contributed by atoms with Crippen molar-refractivity contribution in [1.29, 1.82) is 0 Å². The van der Waals surface area contributed by atoms with Crippen molar-refractivity contribution in [2.75, 3.05) is 24.6 Å². The zero-order valence-corrected chi connectivity index (χ0v) is 17.6. The predicted octanol–water partition coefficient (Wildman–Crippen LogP) is 4.33. The Bertz CT molecular complexity index is 850. The molecule has 1 aromatic heterocycles. The lowest BCUT2D eigenvalue weighted by molar-refractivity contribution is 0.166. The SMILES string of the molecule is C=CCOc1ccc(CN2C3CCC2c2cnc(N4CCCC4)nc2C3)cc1.Cl. The van der Waals surface area contributed by atoms with Crippen molar-refractivity contribution in [1.82, 2.24) is 14.9 Å². The Balaban J connectivity index is 0.00000205. The van der Waals surface area contributed by atoms with Gasteiger partial charge in [-0.05, 0) is 43.4 Å². The highest BCUT2D eigenvalue weighted by Gasteiger charge is 2.40. The van der Waals surface area contributed by atoms with Gasteiger partial charge in [0, 0.05) is 49.9 Å². The lowest BCUT2D eigenvalue weighted by Gasteiger charge is -2.36. The number of ether oxygens (including phenoxy) is 1. The Morgan fingerprint density at radius 2 is 1.93 bits per heavy atom. The molecule has 29 heavy (non-hydrogen) atoms. The van der Waals surface area contributed by atoms with E-state index in [9.17, 15) is 0 Å². The molecule has 1 aromatic carbocycles. The predicted molar refractivity (Wildman–Crippen MR) is 118 cm³/mol. The normalized spacial score (nSPS) is 22.8. The van der Waals surface area contributed by atoms with Gasteiger partial charge >= 0.3 is 0 Å². The van der Waals surface area contributed by atoms with Gasteiger partial charge in [0.15, 0.2) is 0 Å². The second-order valence-corrected chi connectivity index (χ2v) is 8.13. The van der Waals surface area contributed by atoms with Gasteiger partial charge in [-0.15, -0.1) is 12.4 Å². The second kappa shape index (κ2) is 8.72. The topological polar surface area (TPSA) is 41.5 Å². The Morgan fingerprint density at radius 3 is 2.69 bits per heavy atom. The highest BCUT2D eigenvalue weighted by atomic mass is 35.5. The van der Waals surface area contributed by atoms with Crippen LogP contribution < -0.4 is 9.64 Å². The van der Waals surface area contributed by atoms with Gasteiger partial charge in [0.1, 0.15) is 12.4 Å². The van der Waals surface area contributed by atoms with E-state index in [4.69, 9.17) is 14.7 Å². The zero-order valence-electron chi connectivity index (χ0n) is 16.8. The van der Waals surface area contributed by atoms with E-state index in [1.54, 1.807) is 6.08 Å².